The van der Waals surface area contributed by atoms with Gasteiger partial charge in [-0.1, -0.05) is 0 Å². The van der Waals surface area contributed by atoms with Crippen molar-refractivity contribution in [3.63, 3.8) is 0 Å². The second-order valence-corrected chi connectivity index (χ2v) is 4.43. The number of hydrogen-bond acceptors (Lipinski definition) is 1. The van der Waals surface area contributed by atoms with Crippen molar-refractivity contribution in [2.75, 3.05) is 0 Å². The second-order valence-electron chi connectivity index (χ2n) is 4.43. The first-order valence-electron chi connectivity index (χ1n) is 5.07. The zero-order chi connectivity index (χ0) is 10.3. The van der Waals surface area contributed by atoms with E-state index in [1.54, 1.807) is 0 Å². The Morgan fingerprint density at radius 3 is 2.29 bits per heavy atom. The van der Waals surface area contributed by atoms with Crippen molar-refractivity contribution in [2.24, 2.45) is 17.8 Å². The van der Waals surface area contributed by atoms with E-state index in [9.17, 15) is 18.0 Å². The van der Waals surface area contributed by atoms with E-state index < -0.39 is 18.0 Å². The lowest BCUT2D eigenvalue weighted by Gasteiger charge is -2.32. The molecule has 4 heteroatoms. The fourth-order valence-electron chi connectivity index (χ4n) is 2.46. The maximum Gasteiger partial charge on any atom is 0.392 e. The summed E-state index contributed by atoms with van der Waals surface area (Å²) in [4.78, 5) is 11.1. The van der Waals surface area contributed by atoms with Crippen molar-refractivity contribution in [1.82, 2.24) is 0 Å². The van der Waals surface area contributed by atoms with Gasteiger partial charge in [-0.05, 0) is 31.1 Å². The molecule has 2 atom stereocenters. The maximum atomic E-state index is 12.6. The first-order valence-corrected chi connectivity index (χ1v) is 5.07. The minimum atomic E-state index is -4.10. The third-order valence-electron chi connectivity index (χ3n) is 3.36. The van der Waals surface area contributed by atoms with Crippen LogP contribution in [0.25, 0.3) is 0 Å². The summed E-state index contributed by atoms with van der Waals surface area (Å²) in [6, 6.07) is 0. The number of halogens is 3. The molecule has 0 saturated heterocycles. The Morgan fingerprint density at radius 1 is 1.14 bits per heavy atom. The average molecular weight is 206 g/mol. The molecule has 2 aliphatic carbocycles. The lowest BCUT2D eigenvalue weighted by Crippen LogP contribution is -2.36. The molecule has 0 bridgehead atoms. The Morgan fingerprint density at radius 2 is 1.79 bits per heavy atom. The van der Waals surface area contributed by atoms with Crippen LogP contribution in [0.4, 0.5) is 13.2 Å². The molecule has 2 rings (SSSR count). The molecule has 2 fully saturated rings. The molecule has 80 valence electrons. The van der Waals surface area contributed by atoms with Crippen LogP contribution in [0.3, 0.4) is 0 Å². The Labute approximate surface area is 80.7 Å². The molecule has 2 aliphatic rings. The van der Waals surface area contributed by atoms with E-state index in [2.05, 4.69) is 0 Å². The summed E-state index contributed by atoms with van der Waals surface area (Å²) in [5, 5.41) is 0. The zero-order valence-corrected chi connectivity index (χ0v) is 7.81. The lowest BCUT2D eigenvalue weighted by molar-refractivity contribution is -0.198. The van der Waals surface area contributed by atoms with Crippen LogP contribution in [0.2, 0.25) is 0 Å². The predicted molar refractivity (Wildman–Crippen MR) is 44.6 cm³/mol. The van der Waals surface area contributed by atoms with Crippen LogP contribution < -0.4 is 0 Å². The highest BCUT2D eigenvalue weighted by molar-refractivity contribution is 5.79. The number of alkyl halides is 3. The fourth-order valence-corrected chi connectivity index (χ4v) is 2.46. The molecule has 0 aromatic carbocycles. The lowest BCUT2D eigenvalue weighted by atomic mass is 9.75. The zero-order valence-electron chi connectivity index (χ0n) is 7.81. The predicted octanol–water partition coefficient (Wildman–Crippen LogP) is 2.94. The summed E-state index contributed by atoms with van der Waals surface area (Å²) in [6.45, 7) is 0. The van der Waals surface area contributed by atoms with Gasteiger partial charge < -0.3 is 0 Å². The normalized spacial score (nSPS) is 34.6. The van der Waals surface area contributed by atoms with Crippen LogP contribution >= 0.6 is 0 Å². The Bertz CT molecular complexity index is 242. The van der Waals surface area contributed by atoms with Gasteiger partial charge in [0.15, 0.2) is 0 Å². The number of Topliss-reactive ketones (excluding diaryl/α,β-unsaturated/α-hetero) is 1. The Balaban J connectivity index is 2.09. The molecule has 0 spiro atoms. The van der Waals surface area contributed by atoms with Crippen LogP contribution in [0.15, 0.2) is 0 Å². The fraction of sp³-hybridized carbons (Fsp3) is 0.900. The van der Waals surface area contributed by atoms with Gasteiger partial charge in [0.05, 0.1) is 5.92 Å². The molecule has 0 aliphatic heterocycles. The van der Waals surface area contributed by atoms with E-state index in [0.717, 1.165) is 12.8 Å². The number of carbonyl (C=O) groups excluding carboxylic acids is 1. The van der Waals surface area contributed by atoms with Gasteiger partial charge in [-0.3, -0.25) is 4.79 Å². The highest BCUT2D eigenvalue weighted by Crippen LogP contribution is 2.50. The third-order valence-corrected chi connectivity index (χ3v) is 3.36. The molecular weight excluding hydrogens is 193 g/mol. The summed E-state index contributed by atoms with van der Waals surface area (Å²) >= 11 is 0. The van der Waals surface area contributed by atoms with Gasteiger partial charge in [-0.15, -0.1) is 0 Å². The summed E-state index contributed by atoms with van der Waals surface area (Å²) in [6.07, 6.45) is -2.05. The van der Waals surface area contributed by atoms with E-state index >= 15 is 0 Å². The summed E-state index contributed by atoms with van der Waals surface area (Å²) in [5.41, 5.74) is 0. The van der Waals surface area contributed by atoms with Crippen molar-refractivity contribution in [1.29, 1.82) is 0 Å². The van der Waals surface area contributed by atoms with Gasteiger partial charge in [0.25, 0.3) is 0 Å². The third kappa shape index (κ3) is 1.93. The molecular formula is C10H13F3O. The monoisotopic (exact) mass is 206 g/mol. The van der Waals surface area contributed by atoms with Gasteiger partial charge in [0.1, 0.15) is 5.78 Å². The van der Waals surface area contributed by atoms with Gasteiger partial charge in [0.2, 0.25) is 0 Å². The number of carbonyl (C=O) groups is 1. The van der Waals surface area contributed by atoms with Gasteiger partial charge in [-0.25, -0.2) is 0 Å². The highest BCUT2D eigenvalue weighted by Gasteiger charge is 2.51. The van der Waals surface area contributed by atoms with Gasteiger partial charge >= 0.3 is 6.18 Å². The molecule has 0 N–H and O–H groups in total. The van der Waals surface area contributed by atoms with E-state index in [-0.39, 0.29) is 31.0 Å². The maximum absolute atomic E-state index is 12.6. The minimum Gasteiger partial charge on any atom is -0.300 e. The smallest absolute Gasteiger partial charge is 0.300 e. The number of hydrogen-bond donors (Lipinski definition) is 0. The highest BCUT2D eigenvalue weighted by atomic mass is 19.4. The first kappa shape index (κ1) is 9.99. The van der Waals surface area contributed by atoms with Crippen LogP contribution in [-0.4, -0.2) is 12.0 Å². The largest absolute Gasteiger partial charge is 0.392 e. The van der Waals surface area contributed by atoms with E-state index in [1.165, 1.54) is 0 Å². The molecule has 14 heavy (non-hydrogen) atoms. The molecule has 0 radical (unpaired) electrons. The quantitative estimate of drug-likeness (QED) is 0.644. The molecule has 0 amide bonds. The minimum absolute atomic E-state index is 0.0161. The van der Waals surface area contributed by atoms with E-state index in [0.29, 0.717) is 0 Å². The van der Waals surface area contributed by atoms with Crippen LogP contribution in [-0.2, 0) is 4.79 Å². The standard InChI is InChI=1S/C10H13F3O/c11-10(12,13)9-4-3-7(14)5-8(9)6-1-2-6/h6,8-9H,1-5H2. The second kappa shape index (κ2) is 3.24. The molecule has 2 saturated carbocycles. The summed E-state index contributed by atoms with van der Waals surface area (Å²) < 4.78 is 37.8. The van der Waals surface area contributed by atoms with Crippen molar-refractivity contribution in [3.05, 3.63) is 0 Å². The van der Waals surface area contributed by atoms with Crippen molar-refractivity contribution in [3.8, 4) is 0 Å². The molecule has 0 aromatic heterocycles. The Hall–Kier alpha value is -0.540. The molecule has 1 nitrogen and oxygen atoms in total. The Kier molecular flexibility index (Phi) is 2.32. The van der Waals surface area contributed by atoms with Gasteiger partial charge in [0, 0.05) is 12.8 Å². The van der Waals surface area contributed by atoms with E-state index in [4.69, 9.17) is 0 Å². The van der Waals surface area contributed by atoms with Crippen molar-refractivity contribution >= 4 is 5.78 Å². The number of rotatable bonds is 1. The first-order chi connectivity index (χ1) is 6.48. The molecule has 0 aromatic rings. The van der Waals surface area contributed by atoms with Crippen molar-refractivity contribution in [2.45, 2.75) is 38.3 Å². The van der Waals surface area contributed by atoms with Crippen LogP contribution in [0.1, 0.15) is 32.1 Å². The summed E-state index contributed by atoms with van der Waals surface area (Å²) in [5.74, 6) is -1.43. The van der Waals surface area contributed by atoms with Gasteiger partial charge in [-0.2, -0.15) is 13.2 Å². The van der Waals surface area contributed by atoms with Crippen LogP contribution in [0, 0.1) is 17.8 Å². The van der Waals surface area contributed by atoms with Crippen LogP contribution in [0.5, 0.6) is 0 Å². The SMILES string of the molecule is O=C1CCC(C(F)(F)F)C(C2CC2)C1. The average Bonchev–Trinajstić information content (AvgIpc) is 2.83. The number of ketones is 1. The summed E-state index contributed by atoms with van der Waals surface area (Å²) in [7, 11) is 0. The van der Waals surface area contributed by atoms with Crippen molar-refractivity contribution < 1.29 is 18.0 Å². The molecule has 0 heterocycles. The van der Waals surface area contributed by atoms with E-state index in [1.807, 2.05) is 0 Å². The topological polar surface area (TPSA) is 17.1 Å². The molecule has 2 unspecified atom stereocenters.